The van der Waals surface area contributed by atoms with Gasteiger partial charge in [0.25, 0.3) is 15.9 Å². The highest BCUT2D eigenvalue weighted by atomic mass is 32.2. The van der Waals surface area contributed by atoms with Crippen LogP contribution < -0.4 is 4.31 Å². The molecule has 0 spiro atoms. The molecule has 0 saturated carbocycles. The Bertz CT molecular complexity index is 1080. The molecule has 3 aromatic rings. The second-order valence-electron chi connectivity index (χ2n) is 6.25. The van der Waals surface area contributed by atoms with Gasteiger partial charge in [0.2, 0.25) is 0 Å². The average molecular weight is 404 g/mol. The van der Waals surface area contributed by atoms with Crippen LogP contribution in [0.2, 0.25) is 0 Å². The fraction of sp³-hybridized carbons (Fsp3) is 0.263. The van der Waals surface area contributed by atoms with Crippen molar-refractivity contribution in [3.05, 3.63) is 63.6 Å². The molecule has 0 aliphatic rings. The SMILES string of the molecule is CCc1ccc(N(C)S(=O)(=O)c2ccsc2C(=O)n2nc(C)cc2C)cc1. The molecule has 0 amide bonds. The minimum atomic E-state index is -3.88. The van der Waals surface area contributed by atoms with Crippen LogP contribution in [0.5, 0.6) is 0 Å². The van der Waals surface area contributed by atoms with Crippen LogP contribution in [-0.4, -0.2) is 31.2 Å². The molecular formula is C19H21N3O3S2. The first kappa shape index (κ1) is 19.3. The molecule has 0 aliphatic heterocycles. The number of sulfonamides is 1. The van der Waals surface area contributed by atoms with E-state index in [-0.39, 0.29) is 9.77 Å². The van der Waals surface area contributed by atoms with Gasteiger partial charge in [0, 0.05) is 12.7 Å². The highest BCUT2D eigenvalue weighted by Gasteiger charge is 2.29. The highest BCUT2D eigenvalue weighted by molar-refractivity contribution is 7.93. The van der Waals surface area contributed by atoms with Crippen LogP contribution in [0.4, 0.5) is 5.69 Å². The van der Waals surface area contributed by atoms with Gasteiger partial charge in [-0.3, -0.25) is 9.10 Å². The van der Waals surface area contributed by atoms with Crippen molar-refractivity contribution in [3.8, 4) is 0 Å². The first-order chi connectivity index (χ1) is 12.8. The zero-order chi connectivity index (χ0) is 19.8. The van der Waals surface area contributed by atoms with Crippen molar-refractivity contribution < 1.29 is 13.2 Å². The quantitative estimate of drug-likeness (QED) is 0.652. The van der Waals surface area contributed by atoms with Crippen LogP contribution in [0.3, 0.4) is 0 Å². The minimum Gasteiger partial charge on any atom is -0.269 e. The monoisotopic (exact) mass is 403 g/mol. The fourth-order valence-electron chi connectivity index (χ4n) is 2.82. The van der Waals surface area contributed by atoms with E-state index >= 15 is 0 Å². The van der Waals surface area contributed by atoms with Crippen LogP contribution in [0.15, 0.2) is 46.7 Å². The number of benzene rings is 1. The molecule has 0 aliphatic carbocycles. The molecule has 6 nitrogen and oxygen atoms in total. The van der Waals surface area contributed by atoms with Crippen LogP contribution in [0, 0.1) is 13.8 Å². The maximum absolute atomic E-state index is 13.1. The number of aromatic nitrogens is 2. The van der Waals surface area contributed by atoms with Crippen molar-refractivity contribution >= 4 is 33.0 Å². The first-order valence-electron chi connectivity index (χ1n) is 8.49. The Kier molecular flexibility index (Phi) is 5.21. The molecule has 0 radical (unpaired) electrons. The Hall–Kier alpha value is -2.45. The van der Waals surface area contributed by atoms with Crippen LogP contribution in [0.25, 0.3) is 0 Å². The molecule has 0 unspecified atom stereocenters. The Balaban J connectivity index is 1.99. The van der Waals surface area contributed by atoms with Crippen molar-refractivity contribution in [2.45, 2.75) is 32.1 Å². The van der Waals surface area contributed by atoms with Gasteiger partial charge in [-0.1, -0.05) is 19.1 Å². The number of anilines is 1. The predicted octanol–water partition coefficient (Wildman–Crippen LogP) is 3.64. The van der Waals surface area contributed by atoms with Crippen molar-refractivity contribution in [1.82, 2.24) is 9.78 Å². The summed E-state index contributed by atoms with van der Waals surface area (Å²) < 4.78 is 28.7. The van der Waals surface area contributed by atoms with E-state index in [0.29, 0.717) is 17.1 Å². The van der Waals surface area contributed by atoms with E-state index in [0.717, 1.165) is 23.3 Å². The summed E-state index contributed by atoms with van der Waals surface area (Å²) in [4.78, 5) is 13.0. The number of rotatable bonds is 5. The highest BCUT2D eigenvalue weighted by Crippen LogP contribution is 2.29. The molecule has 27 heavy (non-hydrogen) atoms. The van der Waals surface area contributed by atoms with Crippen LogP contribution >= 0.6 is 11.3 Å². The van der Waals surface area contributed by atoms with Gasteiger partial charge in [0.05, 0.1) is 11.4 Å². The predicted molar refractivity (Wildman–Crippen MR) is 107 cm³/mol. The normalized spacial score (nSPS) is 11.6. The number of hydrogen-bond donors (Lipinski definition) is 0. The largest absolute Gasteiger partial charge is 0.289 e. The molecule has 0 N–H and O–H groups in total. The third kappa shape index (κ3) is 3.54. The van der Waals surface area contributed by atoms with E-state index in [1.54, 1.807) is 37.4 Å². The summed E-state index contributed by atoms with van der Waals surface area (Å²) in [6, 6.07) is 10.6. The number of carbonyl (C=O) groups is 1. The second-order valence-corrected chi connectivity index (χ2v) is 9.10. The van der Waals surface area contributed by atoms with Crippen molar-refractivity contribution in [2.24, 2.45) is 0 Å². The lowest BCUT2D eigenvalue weighted by Gasteiger charge is -2.20. The summed E-state index contributed by atoms with van der Waals surface area (Å²) >= 11 is 1.10. The Morgan fingerprint density at radius 3 is 2.41 bits per heavy atom. The van der Waals surface area contributed by atoms with E-state index < -0.39 is 15.9 Å². The summed E-state index contributed by atoms with van der Waals surface area (Å²) in [6.07, 6.45) is 0.878. The van der Waals surface area contributed by atoms with Crippen molar-refractivity contribution in [2.75, 3.05) is 11.4 Å². The third-order valence-electron chi connectivity index (χ3n) is 4.37. The minimum absolute atomic E-state index is 0.00730. The van der Waals surface area contributed by atoms with E-state index in [2.05, 4.69) is 5.10 Å². The van der Waals surface area contributed by atoms with Gasteiger partial charge >= 0.3 is 0 Å². The summed E-state index contributed by atoms with van der Waals surface area (Å²) in [5.74, 6) is -0.441. The van der Waals surface area contributed by atoms with Gasteiger partial charge < -0.3 is 0 Å². The van der Waals surface area contributed by atoms with E-state index in [9.17, 15) is 13.2 Å². The van der Waals surface area contributed by atoms with Crippen molar-refractivity contribution in [1.29, 1.82) is 0 Å². The average Bonchev–Trinajstić information content (AvgIpc) is 3.27. The summed E-state index contributed by atoms with van der Waals surface area (Å²) in [6.45, 7) is 5.59. The molecule has 0 bridgehead atoms. The topological polar surface area (TPSA) is 72.3 Å². The smallest absolute Gasteiger partial charge is 0.269 e. The molecular weight excluding hydrogens is 382 g/mol. The zero-order valence-electron chi connectivity index (χ0n) is 15.6. The Morgan fingerprint density at radius 2 is 1.85 bits per heavy atom. The number of thiophene rings is 1. The molecule has 0 saturated heterocycles. The number of hydrogen-bond acceptors (Lipinski definition) is 5. The van der Waals surface area contributed by atoms with E-state index in [1.807, 2.05) is 19.1 Å². The third-order valence-corrected chi connectivity index (χ3v) is 7.23. The lowest BCUT2D eigenvalue weighted by atomic mass is 10.1. The Morgan fingerprint density at radius 1 is 1.19 bits per heavy atom. The summed E-state index contributed by atoms with van der Waals surface area (Å²) in [7, 11) is -2.38. The summed E-state index contributed by atoms with van der Waals surface area (Å²) in [5, 5.41) is 5.79. The number of aryl methyl sites for hydroxylation is 3. The van der Waals surface area contributed by atoms with Gasteiger partial charge in [0.15, 0.2) is 0 Å². The Labute approximate surface area is 163 Å². The van der Waals surface area contributed by atoms with E-state index in [4.69, 9.17) is 0 Å². The molecule has 8 heteroatoms. The van der Waals surface area contributed by atoms with E-state index in [1.165, 1.54) is 22.1 Å². The lowest BCUT2D eigenvalue weighted by molar-refractivity contribution is 0.0943. The maximum atomic E-state index is 13.1. The molecule has 142 valence electrons. The number of carbonyl (C=O) groups excluding carboxylic acids is 1. The van der Waals surface area contributed by atoms with Gasteiger partial charge in [-0.15, -0.1) is 11.3 Å². The van der Waals surface area contributed by atoms with Gasteiger partial charge in [-0.05, 0) is 55.5 Å². The van der Waals surface area contributed by atoms with Gasteiger partial charge in [-0.25, -0.2) is 13.1 Å². The molecule has 1 aromatic carbocycles. The molecule has 0 atom stereocenters. The standard InChI is InChI=1S/C19H21N3O3S2/c1-5-15-6-8-16(9-7-15)21(4)27(24,25)17-10-11-26-18(17)19(23)22-14(3)12-13(2)20-22/h6-12H,5H2,1-4H3. The van der Waals surface area contributed by atoms with Gasteiger partial charge in [0.1, 0.15) is 9.77 Å². The summed E-state index contributed by atoms with van der Waals surface area (Å²) in [5.41, 5.74) is 3.04. The molecule has 0 fully saturated rings. The van der Waals surface area contributed by atoms with Crippen LogP contribution in [0.1, 0.15) is 33.5 Å². The van der Waals surface area contributed by atoms with Crippen molar-refractivity contribution in [3.63, 3.8) is 0 Å². The fourth-order valence-corrected chi connectivity index (χ4v) is 5.33. The zero-order valence-corrected chi connectivity index (χ0v) is 17.3. The maximum Gasteiger partial charge on any atom is 0.289 e. The first-order valence-corrected chi connectivity index (χ1v) is 10.8. The second kappa shape index (κ2) is 7.28. The van der Waals surface area contributed by atoms with Gasteiger partial charge in [-0.2, -0.15) is 5.10 Å². The number of nitrogens with zero attached hydrogens (tertiary/aromatic N) is 3. The van der Waals surface area contributed by atoms with Crippen LogP contribution in [-0.2, 0) is 16.4 Å². The lowest BCUT2D eigenvalue weighted by Crippen LogP contribution is -2.28. The molecule has 2 aromatic heterocycles. The molecule has 2 heterocycles. The molecule has 3 rings (SSSR count).